The summed E-state index contributed by atoms with van der Waals surface area (Å²) in [6.07, 6.45) is 5.96. The fourth-order valence-corrected chi connectivity index (χ4v) is 2.47. The van der Waals surface area contributed by atoms with E-state index in [1.165, 1.54) is 18.6 Å². The van der Waals surface area contributed by atoms with Crippen LogP contribution in [0.3, 0.4) is 0 Å². The van der Waals surface area contributed by atoms with Crippen LogP contribution < -0.4 is 0 Å². The van der Waals surface area contributed by atoms with Crippen molar-refractivity contribution in [3.05, 3.63) is 12.7 Å². The van der Waals surface area contributed by atoms with Gasteiger partial charge >= 0.3 is 0 Å². The lowest BCUT2D eigenvalue weighted by Crippen LogP contribution is -2.27. The second-order valence-electron chi connectivity index (χ2n) is 3.13. The number of hydrogen-bond acceptors (Lipinski definition) is 2. The zero-order valence-electron chi connectivity index (χ0n) is 7.79. The Balaban J connectivity index is 2.15. The molecule has 12 heavy (non-hydrogen) atoms. The summed E-state index contributed by atoms with van der Waals surface area (Å²) >= 11 is 2.02. The summed E-state index contributed by atoms with van der Waals surface area (Å²) in [5.41, 5.74) is 0. The van der Waals surface area contributed by atoms with Gasteiger partial charge in [-0.25, -0.2) is 0 Å². The Bertz CT molecular complexity index is 128. The normalized spacial score (nSPS) is 30.1. The van der Waals surface area contributed by atoms with Crippen molar-refractivity contribution in [2.75, 3.05) is 12.4 Å². The Kier molecular flexibility index (Phi) is 4.77. The molecule has 1 nitrogen and oxygen atoms in total. The van der Waals surface area contributed by atoms with Crippen LogP contribution in [0.25, 0.3) is 0 Å². The molecule has 1 fully saturated rings. The molecule has 1 aliphatic rings. The highest BCUT2D eigenvalue weighted by Gasteiger charge is 2.20. The van der Waals surface area contributed by atoms with Crippen LogP contribution in [-0.2, 0) is 4.74 Å². The Labute approximate surface area is 79.6 Å². The van der Waals surface area contributed by atoms with Gasteiger partial charge in [0.1, 0.15) is 0 Å². The van der Waals surface area contributed by atoms with Crippen LogP contribution in [0.15, 0.2) is 12.7 Å². The standard InChI is InChI=1S/C10H18OS/c1-3-5-9-6-7-10(8-11-9)12-4-2/h3,9-10H,1,4-8H2,2H3/t9-,10-/m1/s1. The molecule has 0 spiro atoms. The van der Waals surface area contributed by atoms with Crippen LogP contribution in [-0.4, -0.2) is 23.7 Å². The predicted molar refractivity (Wildman–Crippen MR) is 55.7 cm³/mol. The Morgan fingerprint density at radius 3 is 2.92 bits per heavy atom. The highest BCUT2D eigenvalue weighted by molar-refractivity contribution is 7.99. The summed E-state index contributed by atoms with van der Waals surface area (Å²) < 4.78 is 5.69. The minimum Gasteiger partial charge on any atom is -0.377 e. The van der Waals surface area contributed by atoms with E-state index in [2.05, 4.69) is 13.5 Å². The first kappa shape index (κ1) is 10.1. The van der Waals surface area contributed by atoms with Gasteiger partial charge in [0.2, 0.25) is 0 Å². The number of ether oxygens (including phenoxy) is 1. The van der Waals surface area contributed by atoms with Gasteiger partial charge in [-0.3, -0.25) is 0 Å². The molecule has 0 bridgehead atoms. The molecule has 0 saturated carbocycles. The van der Waals surface area contributed by atoms with Gasteiger partial charge in [0.25, 0.3) is 0 Å². The summed E-state index contributed by atoms with van der Waals surface area (Å²) in [4.78, 5) is 0. The molecule has 0 aromatic carbocycles. The Morgan fingerprint density at radius 2 is 2.42 bits per heavy atom. The monoisotopic (exact) mass is 186 g/mol. The zero-order chi connectivity index (χ0) is 8.81. The number of rotatable bonds is 4. The molecule has 2 atom stereocenters. The van der Waals surface area contributed by atoms with Gasteiger partial charge in [-0.15, -0.1) is 6.58 Å². The molecule has 0 radical (unpaired) electrons. The molecule has 70 valence electrons. The van der Waals surface area contributed by atoms with Crippen molar-refractivity contribution in [1.82, 2.24) is 0 Å². The molecule has 0 N–H and O–H groups in total. The fourth-order valence-electron chi connectivity index (χ4n) is 1.52. The zero-order valence-corrected chi connectivity index (χ0v) is 8.61. The topological polar surface area (TPSA) is 9.23 Å². The van der Waals surface area contributed by atoms with E-state index in [-0.39, 0.29) is 0 Å². The van der Waals surface area contributed by atoms with Crippen molar-refractivity contribution in [3.63, 3.8) is 0 Å². The first-order valence-electron chi connectivity index (χ1n) is 4.71. The molecule has 0 aromatic heterocycles. The van der Waals surface area contributed by atoms with E-state index in [4.69, 9.17) is 4.74 Å². The van der Waals surface area contributed by atoms with Gasteiger partial charge in [-0.05, 0) is 25.0 Å². The van der Waals surface area contributed by atoms with E-state index in [0.717, 1.165) is 18.3 Å². The molecule has 0 amide bonds. The quantitative estimate of drug-likeness (QED) is 0.624. The second-order valence-corrected chi connectivity index (χ2v) is 4.71. The smallest absolute Gasteiger partial charge is 0.0610 e. The van der Waals surface area contributed by atoms with Gasteiger partial charge in [-0.1, -0.05) is 13.0 Å². The van der Waals surface area contributed by atoms with Crippen molar-refractivity contribution < 1.29 is 4.74 Å². The maximum absolute atomic E-state index is 5.69. The first-order valence-corrected chi connectivity index (χ1v) is 5.75. The van der Waals surface area contributed by atoms with Crippen molar-refractivity contribution in [3.8, 4) is 0 Å². The van der Waals surface area contributed by atoms with E-state index in [0.29, 0.717) is 6.10 Å². The van der Waals surface area contributed by atoms with Gasteiger partial charge in [0.15, 0.2) is 0 Å². The molecule has 2 heteroatoms. The minimum atomic E-state index is 0.455. The number of thioether (sulfide) groups is 1. The van der Waals surface area contributed by atoms with E-state index < -0.39 is 0 Å². The third kappa shape index (κ3) is 3.20. The predicted octanol–water partition coefficient (Wildman–Crippen LogP) is 2.86. The Morgan fingerprint density at radius 1 is 1.58 bits per heavy atom. The van der Waals surface area contributed by atoms with Crippen LogP contribution in [0.4, 0.5) is 0 Å². The van der Waals surface area contributed by atoms with E-state index >= 15 is 0 Å². The van der Waals surface area contributed by atoms with Crippen LogP contribution in [0, 0.1) is 0 Å². The molecule has 1 saturated heterocycles. The fraction of sp³-hybridized carbons (Fsp3) is 0.800. The molecule has 1 rings (SSSR count). The van der Waals surface area contributed by atoms with Crippen LogP contribution in [0.5, 0.6) is 0 Å². The van der Waals surface area contributed by atoms with Gasteiger partial charge in [0.05, 0.1) is 12.7 Å². The first-order chi connectivity index (χ1) is 5.86. The third-order valence-corrected chi connectivity index (χ3v) is 3.34. The van der Waals surface area contributed by atoms with E-state index in [1.54, 1.807) is 0 Å². The second kappa shape index (κ2) is 5.65. The maximum atomic E-state index is 5.69. The molecule has 1 aliphatic heterocycles. The average molecular weight is 186 g/mol. The largest absolute Gasteiger partial charge is 0.377 e. The molecule has 0 aliphatic carbocycles. The maximum Gasteiger partial charge on any atom is 0.0610 e. The Hall–Kier alpha value is 0.0500. The van der Waals surface area contributed by atoms with Gasteiger partial charge < -0.3 is 4.74 Å². The molecule has 0 aromatic rings. The van der Waals surface area contributed by atoms with Gasteiger partial charge in [0, 0.05) is 5.25 Å². The summed E-state index contributed by atoms with van der Waals surface area (Å²) in [6.45, 7) is 6.88. The summed E-state index contributed by atoms with van der Waals surface area (Å²) in [5, 5.41) is 0.746. The van der Waals surface area contributed by atoms with E-state index in [9.17, 15) is 0 Å². The molecule has 1 heterocycles. The molecular formula is C10H18OS. The lowest BCUT2D eigenvalue weighted by molar-refractivity contribution is 0.0222. The van der Waals surface area contributed by atoms with E-state index in [1.807, 2.05) is 17.8 Å². The SMILES string of the molecule is C=CC[C@@H]1CC[C@@H](SCC)CO1. The van der Waals surface area contributed by atoms with Gasteiger partial charge in [-0.2, -0.15) is 11.8 Å². The summed E-state index contributed by atoms with van der Waals surface area (Å²) in [5.74, 6) is 1.21. The molecule has 0 unspecified atom stereocenters. The highest BCUT2D eigenvalue weighted by atomic mass is 32.2. The van der Waals surface area contributed by atoms with Crippen molar-refractivity contribution in [2.24, 2.45) is 0 Å². The third-order valence-electron chi connectivity index (χ3n) is 2.16. The van der Waals surface area contributed by atoms with Crippen molar-refractivity contribution in [1.29, 1.82) is 0 Å². The van der Waals surface area contributed by atoms with Crippen LogP contribution in [0.2, 0.25) is 0 Å². The lowest BCUT2D eigenvalue weighted by atomic mass is 10.1. The molecular weight excluding hydrogens is 168 g/mol. The van der Waals surface area contributed by atoms with Crippen LogP contribution >= 0.6 is 11.8 Å². The average Bonchev–Trinajstić information content (AvgIpc) is 2.09. The highest BCUT2D eigenvalue weighted by Crippen LogP contribution is 2.24. The lowest BCUT2D eigenvalue weighted by Gasteiger charge is -2.27. The summed E-state index contributed by atoms with van der Waals surface area (Å²) in [7, 11) is 0. The van der Waals surface area contributed by atoms with Crippen molar-refractivity contribution in [2.45, 2.75) is 37.5 Å². The minimum absolute atomic E-state index is 0.455. The van der Waals surface area contributed by atoms with Crippen LogP contribution in [0.1, 0.15) is 26.2 Å². The van der Waals surface area contributed by atoms with Crippen molar-refractivity contribution >= 4 is 11.8 Å². The number of hydrogen-bond donors (Lipinski definition) is 0. The summed E-state index contributed by atoms with van der Waals surface area (Å²) in [6, 6.07) is 0.